The van der Waals surface area contributed by atoms with Crippen LogP contribution in [0.1, 0.15) is 10.4 Å². The predicted octanol–water partition coefficient (Wildman–Crippen LogP) is 4.80. The number of allylic oxidation sites excluding steroid dienone is 1. The molecule has 0 amide bonds. The number of hydrogen-bond donors (Lipinski definition) is 1. The molecule has 0 atom stereocenters. The average molecular weight is 292 g/mol. The summed E-state index contributed by atoms with van der Waals surface area (Å²) in [6, 6.07) is 14.2. The SMILES string of the molecule is O=C(/C=C/Nc1cc(Cl)cc(Cl)c1)c1ccccc1. The van der Waals surface area contributed by atoms with Crippen molar-refractivity contribution in [1.82, 2.24) is 0 Å². The number of nitrogens with one attached hydrogen (secondary N) is 1. The summed E-state index contributed by atoms with van der Waals surface area (Å²) in [7, 11) is 0. The molecule has 96 valence electrons. The third kappa shape index (κ3) is 4.12. The second kappa shape index (κ2) is 6.41. The molecule has 0 bridgehead atoms. The average Bonchev–Trinajstić information content (AvgIpc) is 2.38. The molecule has 0 aliphatic rings. The van der Waals surface area contributed by atoms with Crippen LogP contribution < -0.4 is 5.32 Å². The fraction of sp³-hybridized carbons (Fsp3) is 0. The minimum absolute atomic E-state index is 0.0683. The lowest BCUT2D eigenvalue weighted by Gasteiger charge is -2.02. The minimum atomic E-state index is -0.0683. The Hall–Kier alpha value is -1.77. The summed E-state index contributed by atoms with van der Waals surface area (Å²) in [5.74, 6) is -0.0683. The van der Waals surface area contributed by atoms with Crippen molar-refractivity contribution in [2.24, 2.45) is 0 Å². The zero-order valence-electron chi connectivity index (χ0n) is 9.94. The van der Waals surface area contributed by atoms with E-state index >= 15 is 0 Å². The molecule has 2 aromatic carbocycles. The van der Waals surface area contributed by atoms with Gasteiger partial charge in [-0.2, -0.15) is 0 Å². The van der Waals surface area contributed by atoms with Crippen LogP contribution in [0.4, 0.5) is 5.69 Å². The zero-order chi connectivity index (χ0) is 13.7. The first-order chi connectivity index (χ1) is 9.15. The lowest BCUT2D eigenvalue weighted by Crippen LogP contribution is -1.95. The Morgan fingerprint density at radius 3 is 2.26 bits per heavy atom. The summed E-state index contributed by atoms with van der Waals surface area (Å²) in [5.41, 5.74) is 1.37. The molecule has 19 heavy (non-hydrogen) atoms. The Bertz CT molecular complexity index is 589. The Morgan fingerprint density at radius 2 is 1.63 bits per heavy atom. The van der Waals surface area contributed by atoms with Gasteiger partial charge in [-0.25, -0.2) is 0 Å². The molecule has 2 rings (SSSR count). The van der Waals surface area contributed by atoms with E-state index in [2.05, 4.69) is 5.32 Å². The molecule has 0 aromatic heterocycles. The monoisotopic (exact) mass is 291 g/mol. The van der Waals surface area contributed by atoms with E-state index in [-0.39, 0.29) is 5.78 Å². The number of ketones is 1. The highest BCUT2D eigenvalue weighted by Gasteiger charge is 1.99. The Morgan fingerprint density at radius 1 is 1.00 bits per heavy atom. The van der Waals surface area contributed by atoms with Gasteiger partial charge in [-0.1, -0.05) is 53.5 Å². The minimum Gasteiger partial charge on any atom is -0.361 e. The molecular formula is C15H11Cl2NO. The maximum atomic E-state index is 11.8. The number of benzene rings is 2. The van der Waals surface area contributed by atoms with E-state index in [0.29, 0.717) is 15.6 Å². The molecular weight excluding hydrogens is 281 g/mol. The van der Waals surface area contributed by atoms with Gasteiger partial charge in [0, 0.05) is 33.6 Å². The van der Waals surface area contributed by atoms with Gasteiger partial charge in [-0.15, -0.1) is 0 Å². The third-order valence-electron chi connectivity index (χ3n) is 2.41. The van der Waals surface area contributed by atoms with Crippen molar-refractivity contribution >= 4 is 34.7 Å². The first kappa shape index (κ1) is 13.7. The predicted molar refractivity (Wildman–Crippen MR) is 80.0 cm³/mol. The van der Waals surface area contributed by atoms with Crippen LogP contribution in [0.2, 0.25) is 10.0 Å². The van der Waals surface area contributed by atoms with Crippen molar-refractivity contribution in [2.75, 3.05) is 5.32 Å². The number of rotatable bonds is 4. The molecule has 0 aliphatic heterocycles. The van der Waals surface area contributed by atoms with Crippen LogP contribution >= 0.6 is 23.2 Å². The van der Waals surface area contributed by atoms with Crippen molar-refractivity contribution in [3.63, 3.8) is 0 Å². The molecule has 1 N–H and O–H groups in total. The fourth-order valence-electron chi connectivity index (χ4n) is 1.55. The van der Waals surface area contributed by atoms with Crippen molar-refractivity contribution in [2.45, 2.75) is 0 Å². The second-order valence-electron chi connectivity index (χ2n) is 3.87. The zero-order valence-corrected chi connectivity index (χ0v) is 11.4. The number of anilines is 1. The quantitative estimate of drug-likeness (QED) is 0.647. The van der Waals surface area contributed by atoms with E-state index in [1.165, 1.54) is 6.08 Å². The number of hydrogen-bond acceptors (Lipinski definition) is 2. The molecule has 2 aromatic rings. The summed E-state index contributed by atoms with van der Waals surface area (Å²) in [4.78, 5) is 11.8. The van der Waals surface area contributed by atoms with Crippen LogP contribution in [0.3, 0.4) is 0 Å². The second-order valence-corrected chi connectivity index (χ2v) is 4.74. The van der Waals surface area contributed by atoms with Crippen molar-refractivity contribution in [3.05, 3.63) is 76.4 Å². The summed E-state index contributed by atoms with van der Waals surface area (Å²) >= 11 is 11.7. The van der Waals surface area contributed by atoms with Gasteiger partial charge in [-0.05, 0) is 18.2 Å². The largest absolute Gasteiger partial charge is 0.361 e. The molecule has 0 saturated heterocycles. The first-order valence-corrected chi connectivity index (χ1v) is 6.39. The summed E-state index contributed by atoms with van der Waals surface area (Å²) < 4.78 is 0. The van der Waals surface area contributed by atoms with Gasteiger partial charge in [0.05, 0.1) is 0 Å². The first-order valence-electron chi connectivity index (χ1n) is 5.64. The molecule has 0 unspecified atom stereocenters. The number of halogens is 2. The highest BCUT2D eigenvalue weighted by molar-refractivity contribution is 6.35. The smallest absolute Gasteiger partial charge is 0.187 e. The number of carbonyl (C=O) groups is 1. The Balaban J connectivity index is 2.02. The lowest BCUT2D eigenvalue weighted by molar-refractivity contribution is 0.104. The van der Waals surface area contributed by atoms with E-state index < -0.39 is 0 Å². The van der Waals surface area contributed by atoms with Gasteiger partial charge in [0.2, 0.25) is 0 Å². The van der Waals surface area contributed by atoms with Gasteiger partial charge in [0.25, 0.3) is 0 Å². The normalized spacial score (nSPS) is 10.6. The van der Waals surface area contributed by atoms with Crippen molar-refractivity contribution < 1.29 is 4.79 Å². The third-order valence-corrected chi connectivity index (χ3v) is 2.84. The molecule has 0 radical (unpaired) electrons. The van der Waals surface area contributed by atoms with Crippen LogP contribution in [-0.2, 0) is 0 Å². The van der Waals surface area contributed by atoms with Gasteiger partial charge in [-0.3, -0.25) is 4.79 Å². The molecule has 0 aliphatic carbocycles. The van der Waals surface area contributed by atoms with Gasteiger partial charge < -0.3 is 5.32 Å². The topological polar surface area (TPSA) is 29.1 Å². The highest BCUT2D eigenvalue weighted by atomic mass is 35.5. The number of carbonyl (C=O) groups excluding carboxylic acids is 1. The fourth-order valence-corrected chi connectivity index (χ4v) is 2.08. The summed E-state index contributed by atoms with van der Waals surface area (Å²) in [6.45, 7) is 0. The van der Waals surface area contributed by atoms with E-state index in [4.69, 9.17) is 23.2 Å². The van der Waals surface area contributed by atoms with Crippen molar-refractivity contribution in [1.29, 1.82) is 0 Å². The van der Waals surface area contributed by atoms with E-state index in [9.17, 15) is 4.79 Å². The molecule has 0 saturated carbocycles. The van der Waals surface area contributed by atoms with E-state index in [1.54, 1.807) is 36.5 Å². The summed E-state index contributed by atoms with van der Waals surface area (Å²) in [5, 5.41) is 4.04. The molecule has 0 heterocycles. The summed E-state index contributed by atoms with van der Waals surface area (Å²) in [6.07, 6.45) is 3.03. The maximum absolute atomic E-state index is 11.8. The Kier molecular flexibility index (Phi) is 4.61. The van der Waals surface area contributed by atoms with Gasteiger partial charge >= 0.3 is 0 Å². The lowest BCUT2D eigenvalue weighted by atomic mass is 10.1. The van der Waals surface area contributed by atoms with Gasteiger partial charge in [0.15, 0.2) is 5.78 Å². The highest BCUT2D eigenvalue weighted by Crippen LogP contribution is 2.22. The molecule has 0 fully saturated rings. The van der Waals surface area contributed by atoms with Crippen LogP contribution in [-0.4, -0.2) is 5.78 Å². The standard InChI is InChI=1S/C15H11Cl2NO/c16-12-8-13(17)10-14(9-12)18-7-6-15(19)11-4-2-1-3-5-11/h1-10,18H/b7-6+. The maximum Gasteiger partial charge on any atom is 0.187 e. The van der Waals surface area contributed by atoms with Crippen LogP contribution in [0, 0.1) is 0 Å². The Labute approximate surface area is 121 Å². The van der Waals surface area contributed by atoms with Crippen LogP contribution in [0.25, 0.3) is 0 Å². The molecule has 2 nitrogen and oxygen atoms in total. The van der Waals surface area contributed by atoms with Crippen LogP contribution in [0.15, 0.2) is 60.8 Å². The van der Waals surface area contributed by atoms with E-state index in [0.717, 1.165) is 5.69 Å². The van der Waals surface area contributed by atoms with Crippen molar-refractivity contribution in [3.8, 4) is 0 Å². The molecule has 0 spiro atoms. The van der Waals surface area contributed by atoms with E-state index in [1.807, 2.05) is 18.2 Å². The van der Waals surface area contributed by atoms with Crippen LogP contribution in [0.5, 0.6) is 0 Å². The van der Waals surface area contributed by atoms with Gasteiger partial charge in [0.1, 0.15) is 0 Å². The molecule has 4 heteroatoms.